The third kappa shape index (κ3) is 8.94. The first-order valence-electron chi connectivity index (χ1n) is 26.2. The fourth-order valence-corrected chi connectivity index (χ4v) is 13.6. The number of amides is 6. The lowest BCUT2D eigenvalue weighted by molar-refractivity contribution is -0.149. The number of aliphatic hydroxyl groups excluding tert-OH is 1. The quantitative estimate of drug-likeness (QED) is 0.0916. The van der Waals surface area contributed by atoms with Crippen molar-refractivity contribution in [2.45, 2.75) is 102 Å². The Bertz CT molecular complexity index is 3230. The molecule has 3 aromatic heterocycles. The smallest absolute Gasteiger partial charge is 0.269 e. The summed E-state index contributed by atoms with van der Waals surface area (Å²) in [6.45, 7) is 11.2. The van der Waals surface area contributed by atoms with Crippen LogP contribution in [0.4, 0.5) is 34.4 Å². The van der Waals surface area contributed by atoms with Gasteiger partial charge in [0, 0.05) is 97.9 Å². The molecular formula is C56H61N11O8S. The zero-order valence-electron chi connectivity index (χ0n) is 43.1. The number of nitrogens with zero attached hydrogens (tertiary/aromatic N) is 9. The Balaban J connectivity index is 0.771. The summed E-state index contributed by atoms with van der Waals surface area (Å²) in [6.07, 6.45) is 11.4. The molecule has 11 rings (SSSR count). The van der Waals surface area contributed by atoms with Crippen molar-refractivity contribution < 1.29 is 38.6 Å². The molecule has 8 heterocycles. The summed E-state index contributed by atoms with van der Waals surface area (Å²) in [4.78, 5) is 106. The van der Waals surface area contributed by atoms with Gasteiger partial charge in [-0.15, -0.1) is 11.3 Å². The second-order valence-corrected chi connectivity index (χ2v) is 21.6. The van der Waals surface area contributed by atoms with Crippen molar-refractivity contribution >= 4 is 81.2 Å². The molecule has 5 aromatic rings. The number of aromatic nitrogens is 3. The topological polar surface area (TPSA) is 214 Å². The maximum Gasteiger partial charge on any atom is 0.269 e. The van der Waals surface area contributed by atoms with Crippen LogP contribution in [0.5, 0.6) is 5.88 Å². The lowest BCUT2D eigenvalue weighted by Gasteiger charge is -2.48. The molecule has 394 valence electrons. The predicted molar refractivity (Wildman–Crippen MR) is 289 cm³/mol. The molecule has 2 aromatic carbocycles. The van der Waals surface area contributed by atoms with E-state index in [2.05, 4.69) is 55.7 Å². The molecule has 3 N–H and O–H groups in total. The van der Waals surface area contributed by atoms with Crippen molar-refractivity contribution in [1.29, 1.82) is 0 Å². The number of pyridine rings is 1. The van der Waals surface area contributed by atoms with E-state index in [9.17, 15) is 33.9 Å². The minimum atomic E-state index is -1.00. The Hall–Kier alpha value is -7.55. The molecule has 2 unspecified atom stereocenters. The number of ether oxygens (including phenoxy) is 1. The Morgan fingerprint density at radius 1 is 0.868 bits per heavy atom. The zero-order valence-corrected chi connectivity index (χ0v) is 44.0. The van der Waals surface area contributed by atoms with Crippen LogP contribution in [-0.4, -0.2) is 141 Å². The minimum Gasteiger partial charge on any atom is -0.478 e. The number of likely N-dealkylation sites (tertiary alicyclic amines) is 1. The number of piperazine rings is 1. The second-order valence-electron chi connectivity index (χ2n) is 20.5. The van der Waals surface area contributed by atoms with Gasteiger partial charge in [-0.3, -0.25) is 48.4 Å². The molecule has 1 aliphatic carbocycles. The SMILES string of the molecule is C=CC(=O)Nc1cc(Nc2nc(-c3ccnc(N4CCc5c(sc6c5CCCC6)C4=O)c3CO)cnc2OC)ccc1N1CCN(C2CCN(c3ccc4c(c3)C(=O)N(C3CCC(=O)N(C)C3=O)C4=O)[C@@H](C)C2)C[C@@H]1C. The van der Waals surface area contributed by atoms with Gasteiger partial charge in [0.05, 0.1) is 53.0 Å². The maximum atomic E-state index is 14.1. The highest BCUT2D eigenvalue weighted by molar-refractivity contribution is 7.14. The van der Waals surface area contributed by atoms with Crippen LogP contribution in [0.2, 0.25) is 0 Å². The molecule has 6 amide bonds. The Morgan fingerprint density at radius 3 is 2.46 bits per heavy atom. The van der Waals surface area contributed by atoms with Crippen LogP contribution in [0.3, 0.4) is 0 Å². The summed E-state index contributed by atoms with van der Waals surface area (Å²) >= 11 is 1.60. The van der Waals surface area contributed by atoms with Crippen LogP contribution in [0.1, 0.15) is 104 Å². The van der Waals surface area contributed by atoms with Crippen molar-refractivity contribution in [2.24, 2.45) is 0 Å². The highest BCUT2D eigenvalue weighted by Crippen LogP contribution is 2.42. The number of aryl methyl sites for hydroxylation is 1. The highest BCUT2D eigenvalue weighted by Gasteiger charge is 2.47. The summed E-state index contributed by atoms with van der Waals surface area (Å²) in [5.74, 6) is -1.42. The van der Waals surface area contributed by atoms with E-state index in [4.69, 9.17) is 9.72 Å². The Morgan fingerprint density at radius 2 is 1.68 bits per heavy atom. The number of hydrogen-bond donors (Lipinski definition) is 3. The molecule has 4 atom stereocenters. The van der Waals surface area contributed by atoms with E-state index in [1.807, 2.05) is 24.3 Å². The fraction of sp³-hybridized carbons (Fsp3) is 0.411. The van der Waals surface area contributed by atoms with Crippen LogP contribution in [0.25, 0.3) is 11.3 Å². The van der Waals surface area contributed by atoms with Gasteiger partial charge in [0.15, 0.2) is 5.82 Å². The molecule has 6 aliphatic rings. The summed E-state index contributed by atoms with van der Waals surface area (Å²) in [7, 11) is 2.89. The first-order valence-corrected chi connectivity index (χ1v) is 27.0. The largest absolute Gasteiger partial charge is 0.478 e. The van der Waals surface area contributed by atoms with Crippen LogP contribution in [0, 0.1) is 0 Å². The maximum absolute atomic E-state index is 14.1. The molecule has 0 bridgehead atoms. The number of imide groups is 2. The number of fused-ring (bicyclic) bond motifs is 4. The van der Waals surface area contributed by atoms with Crippen LogP contribution < -0.4 is 30.1 Å². The molecule has 76 heavy (non-hydrogen) atoms. The molecule has 0 spiro atoms. The molecule has 3 fully saturated rings. The number of nitrogens with one attached hydrogen (secondary N) is 2. The number of hydrogen-bond acceptors (Lipinski definition) is 16. The number of likely N-dealkylation sites (N-methyl/N-ethyl adjacent to an activating group) is 1. The number of rotatable bonds is 12. The number of piperidine rings is 2. The van der Waals surface area contributed by atoms with Crippen LogP contribution in [-0.2, 0) is 40.3 Å². The van der Waals surface area contributed by atoms with Crippen LogP contribution in [0.15, 0.2) is 67.5 Å². The summed E-state index contributed by atoms with van der Waals surface area (Å²) < 4.78 is 5.67. The van der Waals surface area contributed by atoms with Crippen molar-refractivity contribution in [3.63, 3.8) is 0 Å². The molecule has 19 nitrogen and oxygen atoms in total. The van der Waals surface area contributed by atoms with E-state index in [-0.39, 0.29) is 66.3 Å². The van der Waals surface area contributed by atoms with E-state index in [0.717, 1.165) is 90.6 Å². The third-order valence-electron chi connectivity index (χ3n) is 16.2. The molecule has 0 saturated carbocycles. The third-order valence-corrected chi connectivity index (χ3v) is 17.5. The van der Waals surface area contributed by atoms with Gasteiger partial charge < -0.3 is 30.3 Å². The summed E-state index contributed by atoms with van der Waals surface area (Å²) in [5.41, 5.74) is 7.42. The van der Waals surface area contributed by atoms with Gasteiger partial charge in [-0.25, -0.2) is 15.0 Å². The van der Waals surface area contributed by atoms with Crippen molar-refractivity contribution in [1.82, 2.24) is 29.7 Å². The molecule has 20 heteroatoms. The van der Waals surface area contributed by atoms with E-state index in [1.165, 1.54) is 36.2 Å². The fourth-order valence-electron chi connectivity index (χ4n) is 12.2. The van der Waals surface area contributed by atoms with E-state index in [0.29, 0.717) is 59.0 Å². The summed E-state index contributed by atoms with van der Waals surface area (Å²) in [5, 5.41) is 17.3. The number of benzene rings is 2. The van der Waals surface area contributed by atoms with E-state index >= 15 is 0 Å². The van der Waals surface area contributed by atoms with Gasteiger partial charge >= 0.3 is 0 Å². The lowest BCUT2D eigenvalue weighted by atomic mass is 9.92. The predicted octanol–water partition coefficient (Wildman–Crippen LogP) is 6.36. The van der Waals surface area contributed by atoms with Gasteiger partial charge in [-0.2, -0.15) is 0 Å². The summed E-state index contributed by atoms with van der Waals surface area (Å²) in [6, 6.07) is 12.3. The standard InChI is InChI=1S/C56H61N11O8S/c1-6-47(69)60-42-26-33(59-50-52(75-5)58-28-43(61-50)36-17-20-57-51(41(36)30-68)66-22-19-38-37-9-7-8-10-46(37)76-49(38)56(66)74)11-14-44(42)65-24-23-63(29-32(65)3)34-18-21-64(31(2)25-34)35-12-13-39-40(27-35)54(72)67(53(39)71)45-15-16-48(70)62(4)55(45)73/h6,11-14,17,20,26-28,31-32,34,45,68H,1,7-10,15-16,18-19,21-25,29-30H2,2-5H3,(H,59,61)(H,60,69)/t31-,32-,34?,45?/m0/s1. The van der Waals surface area contributed by atoms with Crippen molar-refractivity contribution in [2.75, 3.05) is 72.2 Å². The first kappa shape index (κ1) is 50.6. The molecule has 0 radical (unpaired) electrons. The Kier molecular flexibility index (Phi) is 13.7. The number of anilines is 6. The normalized spacial score (nSPS) is 21.9. The zero-order chi connectivity index (χ0) is 53.1. The van der Waals surface area contributed by atoms with Crippen molar-refractivity contribution in [3.05, 3.63) is 105 Å². The number of aliphatic hydroxyl groups is 1. The minimum absolute atomic E-state index is 0.0731. The average molecular weight is 1050 g/mol. The first-order chi connectivity index (χ1) is 36.8. The number of carbonyl (C=O) groups is 6. The van der Waals surface area contributed by atoms with Gasteiger partial charge in [0.25, 0.3) is 29.5 Å². The van der Waals surface area contributed by atoms with Crippen LogP contribution >= 0.6 is 11.3 Å². The molecular weight excluding hydrogens is 987 g/mol. The number of thiophene rings is 1. The van der Waals surface area contributed by atoms with Gasteiger partial charge in [0.2, 0.25) is 11.8 Å². The highest BCUT2D eigenvalue weighted by atomic mass is 32.1. The monoisotopic (exact) mass is 1050 g/mol. The van der Waals surface area contributed by atoms with E-state index < -0.39 is 23.8 Å². The lowest BCUT2D eigenvalue weighted by Crippen LogP contribution is -2.58. The average Bonchev–Trinajstić information content (AvgIpc) is 3.95. The number of carbonyl (C=O) groups excluding carboxylic acids is 6. The van der Waals surface area contributed by atoms with Gasteiger partial charge in [-0.1, -0.05) is 6.58 Å². The Labute approximate surface area is 444 Å². The second kappa shape index (κ2) is 20.5. The molecule has 5 aliphatic heterocycles. The van der Waals surface area contributed by atoms with Gasteiger partial charge in [-0.05, 0) is 125 Å². The van der Waals surface area contributed by atoms with Gasteiger partial charge in [0.1, 0.15) is 11.9 Å². The number of methoxy groups -OCH3 is 1. The van der Waals surface area contributed by atoms with Crippen molar-refractivity contribution in [3.8, 4) is 17.1 Å². The molecule has 3 saturated heterocycles. The van der Waals surface area contributed by atoms with E-state index in [1.54, 1.807) is 46.8 Å².